The molecule has 2 aromatic rings. The first-order valence-electron chi connectivity index (χ1n) is 5.65. The van der Waals surface area contributed by atoms with E-state index in [1.54, 1.807) is 18.2 Å². The number of benzene rings is 1. The van der Waals surface area contributed by atoms with Gasteiger partial charge in [-0.15, -0.1) is 0 Å². The number of carbonyl (C=O) groups excluding carboxylic acids is 1. The molecule has 6 heteroatoms. The number of anilines is 2. The minimum Gasteiger partial charge on any atom is -0.398 e. The number of hydrogen-bond acceptors (Lipinski definition) is 4. The van der Waals surface area contributed by atoms with Crippen molar-refractivity contribution in [2.24, 2.45) is 0 Å². The van der Waals surface area contributed by atoms with Crippen LogP contribution in [0.5, 0.6) is 0 Å². The average molecular weight is 321 g/mol. The number of hydrogen-bond donors (Lipinski definition) is 2. The lowest BCUT2D eigenvalue weighted by atomic mass is 10.2. The average Bonchev–Trinajstić information content (AvgIpc) is 2.31. The number of aromatic nitrogens is 2. The van der Waals surface area contributed by atoms with Crippen molar-refractivity contribution < 1.29 is 4.79 Å². The van der Waals surface area contributed by atoms with Crippen LogP contribution in [0.2, 0.25) is 0 Å². The first-order chi connectivity index (χ1) is 8.97. The van der Waals surface area contributed by atoms with Gasteiger partial charge in [-0.1, -0.05) is 6.07 Å². The van der Waals surface area contributed by atoms with Crippen LogP contribution in [0.15, 0.2) is 28.7 Å². The fraction of sp³-hybridized carbons (Fsp3) is 0.154. The highest BCUT2D eigenvalue weighted by molar-refractivity contribution is 9.10. The van der Waals surface area contributed by atoms with E-state index >= 15 is 0 Å². The number of nitrogens with zero attached hydrogens (tertiary/aromatic N) is 2. The van der Waals surface area contributed by atoms with Gasteiger partial charge in [-0.3, -0.25) is 10.1 Å². The molecule has 1 aromatic heterocycles. The molecule has 5 nitrogen and oxygen atoms in total. The molecule has 0 saturated carbocycles. The summed E-state index contributed by atoms with van der Waals surface area (Å²) in [6.45, 7) is 3.70. The maximum absolute atomic E-state index is 12.1. The highest BCUT2D eigenvalue weighted by Gasteiger charge is 2.13. The summed E-state index contributed by atoms with van der Waals surface area (Å²) in [5.74, 6) is -0.0130. The Balaban J connectivity index is 2.28. The molecule has 1 amide bonds. The molecule has 0 radical (unpaired) electrons. The fourth-order valence-corrected chi connectivity index (χ4v) is 2.12. The summed E-state index contributed by atoms with van der Waals surface area (Å²) in [4.78, 5) is 20.5. The van der Waals surface area contributed by atoms with E-state index in [0.29, 0.717) is 15.7 Å². The molecule has 19 heavy (non-hydrogen) atoms. The zero-order valence-corrected chi connectivity index (χ0v) is 12.2. The van der Waals surface area contributed by atoms with Gasteiger partial charge in [-0.25, -0.2) is 9.97 Å². The highest BCUT2D eigenvalue weighted by atomic mass is 79.9. The van der Waals surface area contributed by atoms with E-state index < -0.39 is 0 Å². The fourth-order valence-electron chi connectivity index (χ4n) is 1.68. The number of amides is 1. The minimum atomic E-state index is -0.302. The third kappa shape index (κ3) is 3.08. The van der Waals surface area contributed by atoms with Crippen LogP contribution in [0.25, 0.3) is 0 Å². The number of carbonyl (C=O) groups is 1. The molecule has 0 bridgehead atoms. The predicted octanol–water partition coefficient (Wildman–Crippen LogP) is 2.69. The van der Waals surface area contributed by atoms with Crippen LogP contribution < -0.4 is 11.1 Å². The first-order valence-corrected chi connectivity index (χ1v) is 6.44. The summed E-state index contributed by atoms with van der Waals surface area (Å²) in [5, 5.41) is 2.66. The third-order valence-electron chi connectivity index (χ3n) is 2.48. The largest absolute Gasteiger partial charge is 0.398 e. The molecule has 0 spiro atoms. The SMILES string of the molecule is Cc1cc(C)nc(NC(=O)c2cccc(N)c2Br)n1. The van der Waals surface area contributed by atoms with E-state index in [9.17, 15) is 4.79 Å². The Labute approximate surface area is 119 Å². The van der Waals surface area contributed by atoms with Gasteiger partial charge in [-0.05, 0) is 48.0 Å². The van der Waals surface area contributed by atoms with E-state index in [1.165, 1.54) is 0 Å². The second-order valence-corrected chi connectivity index (χ2v) is 4.93. The molecule has 3 N–H and O–H groups in total. The maximum Gasteiger partial charge on any atom is 0.259 e. The van der Waals surface area contributed by atoms with E-state index in [4.69, 9.17) is 5.73 Å². The first kappa shape index (κ1) is 13.5. The molecule has 0 atom stereocenters. The van der Waals surface area contributed by atoms with Crippen LogP contribution in [0.4, 0.5) is 11.6 Å². The lowest BCUT2D eigenvalue weighted by Crippen LogP contribution is -2.16. The Morgan fingerprint density at radius 3 is 2.53 bits per heavy atom. The topological polar surface area (TPSA) is 80.9 Å². The highest BCUT2D eigenvalue weighted by Crippen LogP contribution is 2.24. The van der Waals surface area contributed by atoms with Crippen LogP contribution in [-0.2, 0) is 0 Å². The van der Waals surface area contributed by atoms with Gasteiger partial charge in [-0.2, -0.15) is 0 Å². The molecule has 0 aliphatic rings. The lowest BCUT2D eigenvalue weighted by molar-refractivity contribution is 0.102. The van der Waals surface area contributed by atoms with Gasteiger partial charge in [0, 0.05) is 17.1 Å². The van der Waals surface area contributed by atoms with Crippen molar-refractivity contribution in [3.63, 3.8) is 0 Å². The van der Waals surface area contributed by atoms with Crippen LogP contribution in [0.1, 0.15) is 21.7 Å². The molecule has 2 rings (SSSR count). The van der Waals surface area contributed by atoms with Crippen molar-refractivity contribution in [2.45, 2.75) is 13.8 Å². The summed E-state index contributed by atoms with van der Waals surface area (Å²) in [6.07, 6.45) is 0. The Kier molecular flexibility index (Phi) is 3.80. The molecule has 0 aliphatic heterocycles. The molecular weight excluding hydrogens is 308 g/mol. The number of nitrogen functional groups attached to an aromatic ring is 1. The van der Waals surface area contributed by atoms with E-state index in [0.717, 1.165) is 11.4 Å². The maximum atomic E-state index is 12.1. The summed E-state index contributed by atoms with van der Waals surface area (Å²) in [5.41, 5.74) is 8.30. The zero-order chi connectivity index (χ0) is 14.0. The van der Waals surface area contributed by atoms with Gasteiger partial charge >= 0.3 is 0 Å². The number of nitrogens with one attached hydrogen (secondary N) is 1. The molecule has 0 saturated heterocycles. The van der Waals surface area contributed by atoms with Crippen molar-refractivity contribution in [1.82, 2.24) is 9.97 Å². The van der Waals surface area contributed by atoms with Gasteiger partial charge < -0.3 is 5.73 Å². The van der Waals surface area contributed by atoms with Crippen molar-refractivity contribution in [3.05, 3.63) is 45.7 Å². The Bertz CT molecular complexity index is 622. The summed E-state index contributed by atoms with van der Waals surface area (Å²) in [7, 11) is 0. The van der Waals surface area contributed by atoms with Gasteiger partial charge in [0.2, 0.25) is 5.95 Å². The summed E-state index contributed by atoms with van der Waals surface area (Å²) < 4.78 is 0.567. The molecule has 0 fully saturated rings. The van der Waals surface area contributed by atoms with Gasteiger partial charge in [0.05, 0.1) is 10.0 Å². The second kappa shape index (κ2) is 5.36. The van der Waals surface area contributed by atoms with Crippen LogP contribution in [0.3, 0.4) is 0 Å². The van der Waals surface area contributed by atoms with Crippen LogP contribution >= 0.6 is 15.9 Å². The Hall–Kier alpha value is -1.95. The molecule has 1 heterocycles. The quantitative estimate of drug-likeness (QED) is 0.833. The van der Waals surface area contributed by atoms with Crippen molar-refractivity contribution in [1.29, 1.82) is 0 Å². The van der Waals surface area contributed by atoms with Crippen molar-refractivity contribution in [2.75, 3.05) is 11.1 Å². The smallest absolute Gasteiger partial charge is 0.259 e. The molecule has 1 aromatic carbocycles. The Morgan fingerprint density at radius 2 is 1.89 bits per heavy atom. The van der Waals surface area contributed by atoms with Gasteiger partial charge in [0.25, 0.3) is 5.91 Å². The van der Waals surface area contributed by atoms with Crippen LogP contribution in [-0.4, -0.2) is 15.9 Å². The van der Waals surface area contributed by atoms with Crippen molar-refractivity contribution >= 4 is 33.5 Å². The molecule has 0 aliphatic carbocycles. The van der Waals surface area contributed by atoms with Gasteiger partial charge in [0.1, 0.15) is 0 Å². The lowest BCUT2D eigenvalue weighted by Gasteiger charge is -2.08. The number of aryl methyl sites for hydroxylation is 2. The Morgan fingerprint density at radius 1 is 1.26 bits per heavy atom. The number of halogens is 1. The second-order valence-electron chi connectivity index (χ2n) is 4.14. The minimum absolute atomic E-state index is 0.289. The zero-order valence-electron chi connectivity index (χ0n) is 10.6. The normalized spacial score (nSPS) is 10.3. The molecule has 0 unspecified atom stereocenters. The number of nitrogens with two attached hydrogens (primary N) is 1. The van der Waals surface area contributed by atoms with E-state index in [2.05, 4.69) is 31.2 Å². The molecule has 98 valence electrons. The summed E-state index contributed by atoms with van der Waals surface area (Å²) >= 11 is 3.30. The van der Waals surface area contributed by atoms with E-state index in [1.807, 2.05) is 19.9 Å². The van der Waals surface area contributed by atoms with E-state index in [-0.39, 0.29) is 11.9 Å². The predicted molar refractivity (Wildman–Crippen MR) is 78.0 cm³/mol. The monoisotopic (exact) mass is 320 g/mol. The van der Waals surface area contributed by atoms with Gasteiger partial charge in [0.15, 0.2) is 0 Å². The standard InChI is InChI=1S/C13H13BrN4O/c1-7-6-8(2)17-13(16-7)18-12(19)9-4-3-5-10(15)11(9)14/h3-6H,15H2,1-2H3,(H,16,17,18,19). The third-order valence-corrected chi connectivity index (χ3v) is 3.37. The molecular formula is C13H13BrN4O. The summed E-state index contributed by atoms with van der Waals surface area (Å²) in [6, 6.07) is 6.95. The van der Waals surface area contributed by atoms with Crippen molar-refractivity contribution in [3.8, 4) is 0 Å². The van der Waals surface area contributed by atoms with Crippen LogP contribution in [0, 0.1) is 13.8 Å². The number of rotatable bonds is 2.